The Bertz CT molecular complexity index is 4520. The van der Waals surface area contributed by atoms with Crippen molar-refractivity contribution >= 4 is 421 Å². The van der Waals surface area contributed by atoms with Crippen LogP contribution in [0.4, 0.5) is 0 Å². The molecule has 0 aliphatic rings. The fourth-order valence-corrected chi connectivity index (χ4v) is 15.6. The van der Waals surface area contributed by atoms with E-state index in [1.165, 1.54) is 184 Å². The maximum atomic E-state index is 7.74. The van der Waals surface area contributed by atoms with E-state index in [0.29, 0.717) is 17.5 Å². The minimum atomic E-state index is 0.674. The molecule has 0 N–H and O–H groups in total. The molecule has 0 aliphatic carbocycles. The molecule has 4 aromatic heterocycles. The average molecular weight is 978 g/mol. The molecule has 11 rings (SSSR count). The summed E-state index contributed by atoms with van der Waals surface area (Å²) in [5.41, 5.74) is 42.0. The van der Waals surface area contributed by atoms with Gasteiger partial charge in [0.2, 0.25) is 0 Å². The number of hydrogen-bond donors (Lipinski definition) is 0. The van der Waals surface area contributed by atoms with Crippen LogP contribution in [-0.2, 0) is 0 Å². The van der Waals surface area contributed by atoms with Crippen molar-refractivity contribution < 1.29 is 4.42 Å². The van der Waals surface area contributed by atoms with E-state index >= 15 is 0 Å². The van der Waals surface area contributed by atoms with Crippen molar-refractivity contribution in [2.75, 3.05) is 0 Å². The lowest BCUT2D eigenvalue weighted by molar-refractivity contribution is 0.670. The second-order valence-corrected chi connectivity index (χ2v) is 24.9. The molecule has 0 saturated heterocycles. The van der Waals surface area contributed by atoms with E-state index in [9.17, 15) is 0 Å². The van der Waals surface area contributed by atoms with Gasteiger partial charge in [-0.25, -0.2) is 15.0 Å². The molecule has 0 spiro atoms. The molecule has 0 fully saturated rings. The zero-order valence-electron chi connectivity index (χ0n) is 51.1. The number of furan rings is 1. The highest BCUT2D eigenvalue weighted by Gasteiger charge is 2.32. The van der Waals surface area contributed by atoms with Crippen LogP contribution in [0.2, 0.25) is 0 Å². The summed E-state index contributed by atoms with van der Waals surface area (Å²) >= 11 is 2.00. The third-order valence-corrected chi connectivity index (χ3v) is 22.3. The Morgan fingerprint density at radius 3 is 1.04 bits per heavy atom. The SMILES string of the molecule is Bc1c(B)c(B)c(-c2nc(-c3c(B)c(B)c(B)c(B)c3B)nc(-c3c(B)c(B)c4c(oc5c(-n6c7c(B)c(B)c(B)c(B)c7c7c8sc9c(B)c(B)c(B)c(B)c9c8c(B)c(B)c76)c(B)c(B)c(B)c54)c3B)n2)c(B)c1B. The summed E-state index contributed by atoms with van der Waals surface area (Å²) in [6, 6.07) is 0. The van der Waals surface area contributed by atoms with E-state index in [0.717, 1.165) is 44.5 Å². The summed E-state index contributed by atoms with van der Waals surface area (Å²) in [6.45, 7) is 0. The van der Waals surface area contributed by atoms with Gasteiger partial charge >= 0.3 is 0 Å². The monoisotopic (exact) mass is 983 g/mol. The van der Waals surface area contributed by atoms with Crippen LogP contribution in [0.25, 0.3) is 104 Å². The molecule has 342 valence electrons. The second-order valence-electron chi connectivity index (χ2n) is 23.8. The first kappa shape index (κ1) is 54.0. The largest absolute Gasteiger partial charge is 0.454 e. The summed E-state index contributed by atoms with van der Waals surface area (Å²) in [6.07, 6.45) is 0. The van der Waals surface area contributed by atoms with E-state index in [1.807, 2.05) is 11.3 Å². The van der Waals surface area contributed by atoms with E-state index in [1.54, 1.807) is 0 Å². The lowest BCUT2D eigenvalue weighted by Crippen LogP contribution is -2.55. The van der Waals surface area contributed by atoms with Gasteiger partial charge < -0.3 is 8.98 Å². The number of nitrogens with zero attached hydrogens (tertiary/aromatic N) is 4. The molecular weight excluding hydrogens is 926 g/mol. The summed E-state index contributed by atoms with van der Waals surface area (Å²) in [4.78, 5) is 16.7. The van der Waals surface area contributed by atoms with E-state index in [4.69, 9.17) is 19.4 Å². The number of benzene rings is 7. The van der Waals surface area contributed by atoms with Gasteiger partial charge in [0.05, 0.1) is 5.69 Å². The van der Waals surface area contributed by atoms with Gasteiger partial charge in [0.15, 0.2) is 23.1 Å². The first-order valence-electron chi connectivity index (χ1n) is 27.8. The first-order chi connectivity index (χ1) is 36.1. The third kappa shape index (κ3) is 7.06. The molecule has 4 heterocycles. The molecule has 5 nitrogen and oxygen atoms in total. The summed E-state index contributed by atoms with van der Waals surface area (Å²) in [7, 11) is 59.4. The van der Waals surface area contributed by atoms with Crippen LogP contribution < -0.4 is 142 Å². The molecule has 77 heavy (non-hydrogen) atoms. The highest BCUT2D eigenvalue weighted by atomic mass is 32.1. The van der Waals surface area contributed by atoms with Crippen LogP contribution in [0, 0.1) is 0 Å². The number of aromatic nitrogens is 4. The van der Waals surface area contributed by atoms with Gasteiger partial charge in [0.1, 0.15) is 210 Å². The van der Waals surface area contributed by atoms with Crippen LogP contribution >= 0.6 is 11.3 Å². The van der Waals surface area contributed by atoms with Gasteiger partial charge in [0, 0.05) is 58.7 Å². The minimum Gasteiger partial charge on any atom is -0.454 e. The summed E-state index contributed by atoms with van der Waals surface area (Å²) in [5, 5.41) is 7.90. The molecule has 0 radical (unpaired) electrons. The third-order valence-electron chi connectivity index (χ3n) is 21.0. The van der Waals surface area contributed by atoms with Crippen molar-refractivity contribution in [1.82, 2.24) is 19.5 Å². The zero-order valence-corrected chi connectivity index (χ0v) is 51.9. The number of fused-ring (bicyclic) bond motifs is 10. The molecular formula is C45H52B26N4OS. The predicted octanol–water partition coefficient (Wildman–Crippen LogP) is -33.0. The van der Waals surface area contributed by atoms with Crippen molar-refractivity contribution in [2.24, 2.45) is 0 Å². The Labute approximate surface area is 481 Å². The van der Waals surface area contributed by atoms with Crippen molar-refractivity contribution in [3.63, 3.8) is 0 Å². The van der Waals surface area contributed by atoms with E-state index in [2.05, 4.69) is 209 Å². The van der Waals surface area contributed by atoms with E-state index < -0.39 is 0 Å². The van der Waals surface area contributed by atoms with Crippen molar-refractivity contribution in [3.8, 4) is 39.9 Å². The molecule has 0 amide bonds. The Balaban J connectivity index is 1.30. The maximum Gasteiger partial charge on any atom is 0.163 e. The van der Waals surface area contributed by atoms with Crippen LogP contribution in [0.15, 0.2) is 4.42 Å². The molecule has 0 bridgehead atoms. The number of hydrogen-bond acceptors (Lipinski definition) is 5. The Morgan fingerprint density at radius 1 is 0.247 bits per heavy atom. The standard InChI is InChI=1S/C45H52B26N4OS/c46-10-1-6-37(32(68)14(50)4-5-13(49)22(58)31(67)35(71)42(5)77-41(4)6)75(36(1)33(69)30(66)21(10)57)38-34(70)27(63)12(48)3-2-11(47)15(51)9(20(56)39(2)76-40(3)38)45-73-43(7-16(52)23(59)28(64)24(60)17(7)53)72-44(74-45)8-18(54)25(61)29(65)26(62)19(8)55/h46-71H2. The van der Waals surface area contributed by atoms with Crippen molar-refractivity contribution in [1.29, 1.82) is 0 Å². The quantitative estimate of drug-likeness (QED) is 0.165. The Hall–Kier alpha value is -4.94. The lowest BCUT2D eigenvalue weighted by atomic mass is 9.60. The zero-order chi connectivity index (χ0) is 56.1. The van der Waals surface area contributed by atoms with Gasteiger partial charge in [0.25, 0.3) is 0 Å². The van der Waals surface area contributed by atoms with Crippen LogP contribution in [0.5, 0.6) is 0 Å². The minimum absolute atomic E-state index is 0.674. The molecule has 11 aromatic rings. The molecule has 7 aromatic carbocycles. The van der Waals surface area contributed by atoms with Crippen LogP contribution in [-0.4, -0.2) is 224 Å². The van der Waals surface area contributed by atoms with Gasteiger partial charge in [-0.2, -0.15) is 0 Å². The van der Waals surface area contributed by atoms with Crippen molar-refractivity contribution in [3.05, 3.63) is 0 Å². The predicted molar refractivity (Wildman–Crippen MR) is 423 cm³/mol. The van der Waals surface area contributed by atoms with Gasteiger partial charge in [-0.15, -0.1) is 60.5 Å². The normalized spacial score (nSPS) is 11.9. The average Bonchev–Trinajstić information content (AvgIpc) is 4.32. The topological polar surface area (TPSA) is 56.7 Å². The summed E-state index contributed by atoms with van der Waals surface area (Å²) < 4.78 is 13.2. The molecule has 0 atom stereocenters. The fraction of sp³-hybridized carbons (Fsp3) is 0. The number of rotatable bonds is 4. The van der Waals surface area contributed by atoms with Gasteiger partial charge in [-0.05, 0) is 16.2 Å². The highest BCUT2D eigenvalue weighted by Crippen LogP contribution is 2.41. The maximum absolute atomic E-state index is 7.74. The Kier molecular flexibility index (Phi) is 12.8. The van der Waals surface area contributed by atoms with Gasteiger partial charge in [-0.1, -0.05) is 87.4 Å². The summed E-state index contributed by atoms with van der Waals surface area (Å²) in [5.74, 6) is 2.10. The Morgan fingerprint density at radius 2 is 0.545 bits per heavy atom. The van der Waals surface area contributed by atoms with E-state index in [-0.39, 0.29) is 0 Å². The van der Waals surface area contributed by atoms with Gasteiger partial charge in [-0.3, -0.25) is 0 Å². The van der Waals surface area contributed by atoms with Crippen LogP contribution in [0.1, 0.15) is 0 Å². The molecule has 0 aliphatic heterocycles. The van der Waals surface area contributed by atoms with Crippen LogP contribution in [0.3, 0.4) is 0 Å². The first-order valence-corrected chi connectivity index (χ1v) is 28.6. The van der Waals surface area contributed by atoms with Crippen molar-refractivity contribution in [2.45, 2.75) is 0 Å². The smallest absolute Gasteiger partial charge is 0.163 e. The lowest BCUT2D eigenvalue weighted by Gasteiger charge is -2.23. The second kappa shape index (κ2) is 18.3. The molecule has 0 saturated carbocycles. The highest BCUT2D eigenvalue weighted by molar-refractivity contribution is 7.28. The fourth-order valence-electron chi connectivity index (χ4n) is 14.0. The molecule has 32 heteroatoms. The number of thiophene rings is 1. The molecule has 0 unspecified atom stereocenters.